The minimum absolute atomic E-state index is 0.157. The summed E-state index contributed by atoms with van der Waals surface area (Å²) >= 11 is 0. The summed E-state index contributed by atoms with van der Waals surface area (Å²) in [6, 6.07) is 0. The van der Waals surface area contributed by atoms with Crippen LogP contribution in [0.2, 0.25) is 0 Å². The van der Waals surface area contributed by atoms with Crippen LogP contribution in [0, 0.1) is 39.4 Å². The Hall–Kier alpha value is -1.75. The molecule has 0 saturated heterocycles. The molecule has 5 heteroatoms. The molecule has 0 spiro atoms. The van der Waals surface area contributed by atoms with Crippen molar-refractivity contribution in [3.8, 4) is 0 Å². The average Bonchev–Trinajstić information content (AvgIpc) is 2.97. The van der Waals surface area contributed by atoms with E-state index in [4.69, 9.17) is 5.11 Å². The Morgan fingerprint density at radius 1 is 1.14 bits per heavy atom. The van der Waals surface area contributed by atoms with Gasteiger partial charge in [0.15, 0.2) is 5.78 Å². The van der Waals surface area contributed by atoms with Gasteiger partial charge in [0, 0.05) is 40.2 Å². The summed E-state index contributed by atoms with van der Waals surface area (Å²) in [4.78, 5) is 38.0. The number of ketones is 2. The molecule has 2 N–H and O–H groups in total. The predicted molar refractivity (Wildman–Crippen MR) is 136 cm³/mol. The number of hydrogen-bond acceptors (Lipinski definition) is 4. The second-order valence-corrected chi connectivity index (χ2v) is 13.3. The van der Waals surface area contributed by atoms with Gasteiger partial charge in [0.05, 0.1) is 6.10 Å². The summed E-state index contributed by atoms with van der Waals surface area (Å²) < 4.78 is 0. The molecule has 35 heavy (non-hydrogen) atoms. The predicted octanol–water partition coefficient (Wildman–Crippen LogP) is 5.90. The maximum atomic E-state index is 14.0. The number of aliphatic hydroxyl groups excluding tert-OH is 1. The van der Waals surface area contributed by atoms with Crippen LogP contribution >= 0.6 is 0 Å². The van der Waals surface area contributed by atoms with Crippen LogP contribution in [0.4, 0.5) is 0 Å². The summed E-state index contributed by atoms with van der Waals surface area (Å²) in [5, 5.41) is 20.8. The van der Waals surface area contributed by atoms with Crippen LogP contribution in [0.15, 0.2) is 22.8 Å². The zero-order valence-corrected chi connectivity index (χ0v) is 22.7. The third kappa shape index (κ3) is 3.54. The van der Waals surface area contributed by atoms with Gasteiger partial charge in [0.25, 0.3) is 0 Å². The monoisotopic (exact) mass is 484 g/mol. The van der Waals surface area contributed by atoms with E-state index in [-0.39, 0.29) is 34.4 Å². The molecule has 5 nitrogen and oxygen atoms in total. The highest BCUT2D eigenvalue weighted by atomic mass is 16.4. The van der Waals surface area contributed by atoms with E-state index in [2.05, 4.69) is 41.5 Å². The molecule has 0 amide bonds. The summed E-state index contributed by atoms with van der Waals surface area (Å²) in [6.45, 7) is 14.6. The maximum absolute atomic E-state index is 14.0. The van der Waals surface area contributed by atoms with Crippen LogP contribution in [0.1, 0.15) is 99.8 Å². The number of carboxylic acid groups (broad SMARTS) is 1. The Bertz CT molecular complexity index is 1020. The van der Waals surface area contributed by atoms with E-state index in [0.717, 1.165) is 31.3 Å². The molecule has 0 aromatic carbocycles. The second-order valence-electron chi connectivity index (χ2n) is 13.3. The lowest BCUT2D eigenvalue weighted by atomic mass is 9.43. The van der Waals surface area contributed by atoms with Crippen molar-refractivity contribution in [2.45, 2.75) is 106 Å². The molecule has 4 aliphatic rings. The van der Waals surface area contributed by atoms with Gasteiger partial charge in [-0.15, -0.1) is 0 Å². The van der Waals surface area contributed by atoms with Gasteiger partial charge < -0.3 is 10.2 Å². The van der Waals surface area contributed by atoms with E-state index >= 15 is 0 Å². The molecule has 2 saturated carbocycles. The van der Waals surface area contributed by atoms with Gasteiger partial charge in [-0.1, -0.05) is 53.2 Å². The largest absolute Gasteiger partial charge is 0.478 e. The number of hydrogen-bond donors (Lipinski definition) is 2. The van der Waals surface area contributed by atoms with Crippen molar-refractivity contribution < 1.29 is 24.6 Å². The van der Waals surface area contributed by atoms with E-state index in [1.165, 1.54) is 5.57 Å². The third-order valence-electron chi connectivity index (χ3n) is 11.5. The molecule has 194 valence electrons. The first-order chi connectivity index (χ1) is 16.1. The van der Waals surface area contributed by atoms with Gasteiger partial charge in [-0.3, -0.25) is 9.59 Å². The lowest BCUT2D eigenvalue weighted by Crippen LogP contribution is -2.57. The van der Waals surface area contributed by atoms with Crippen LogP contribution in [0.5, 0.6) is 0 Å². The van der Waals surface area contributed by atoms with Crippen molar-refractivity contribution >= 4 is 17.5 Å². The van der Waals surface area contributed by atoms with Gasteiger partial charge in [0.1, 0.15) is 5.78 Å². The normalized spacial score (nSPS) is 41.8. The van der Waals surface area contributed by atoms with E-state index in [1.54, 1.807) is 13.0 Å². The summed E-state index contributed by atoms with van der Waals surface area (Å²) in [5.74, 6) is 0.263. The summed E-state index contributed by atoms with van der Waals surface area (Å²) in [7, 11) is 0. The topological polar surface area (TPSA) is 91.7 Å². The lowest BCUT2D eigenvalue weighted by molar-refractivity contribution is -0.143. The number of aliphatic hydroxyl groups is 1. The number of fused-ring (bicyclic) bond motifs is 4. The highest BCUT2D eigenvalue weighted by Crippen LogP contribution is 2.71. The van der Waals surface area contributed by atoms with Crippen molar-refractivity contribution in [1.82, 2.24) is 0 Å². The molecular weight excluding hydrogens is 440 g/mol. The zero-order valence-electron chi connectivity index (χ0n) is 22.7. The fraction of sp³-hybridized carbons (Fsp3) is 0.767. The first kappa shape index (κ1) is 26.3. The Morgan fingerprint density at radius 2 is 1.80 bits per heavy atom. The first-order valence-corrected chi connectivity index (χ1v) is 13.5. The molecule has 0 unspecified atom stereocenters. The van der Waals surface area contributed by atoms with Crippen LogP contribution in [-0.4, -0.2) is 33.9 Å². The highest BCUT2D eigenvalue weighted by Gasteiger charge is 2.68. The van der Waals surface area contributed by atoms with Gasteiger partial charge >= 0.3 is 5.97 Å². The highest BCUT2D eigenvalue weighted by molar-refractivity contribution is 6.00. The number of allylic oxidation sites excluding steroid dienone is 2. The Balaban J connectivity index is 1.71. The number of aliphatic carboxylic acids is 1. The first-order valence-electron chi connectivity index (χ1n) is 13.5. The number of rotatable bonds is 5. The number of carbonyl (C=O) groups excluding carboxylic acids is 2. The second kappa shape index (κ2) is 8.39. The molecular formula is C30H44O5. The minimum atomic E-state index is -0.887. The summed E-state index contributed by atoms with van der Waals surface area (Å²) in [5.41, 5.74) is 0.944. The van der Waals surface area contributed by atoms with Crippen molar-refractivity contribution in [2.24, 2.45) is 39.4 Å². The third-order valence-corrected chi connectivity index (χ3v) is 11.5. The van der Waals surface area contributed by atoms with Crippen molar-refractivity contribution in [2.75, 3.05) is 0 Å². The molecule has 4 aliphatic carbocycles. The number of carboxylic acids is 1. The van der Waals surface area contributed by atoms with Gasteiger partial charge in [-0.05, 0) is 68.6 Å². The number of carbonyl (C=O) groups is 3. The van der Waals surface area contributed by atoms with Gasteiger partial charge in [0.2, 0.25) is 0 Å². The lowest BCUT2D eigenvalue weighted by Gasteiger charge is -2.60. The smallest absolute Gasteiger partial charge is 0.330 e. The van der Waals surface area contributed by atoms with Crippen LogP contribution in [0.3, 0.4) is 0 Å². The molecule has 4 rings (SSSR count). The van der Waals surface area contributed by atoms with Crippen molar-refractivity contribution in [1.29, 1.82) is 0 Å². The molecule has 0 aromatic rings. The number of Topliss-reactive ketones (excluding diaryl/α,β-unsaturated/α-hetero) is 2. The van der Waals surface area contributed by atoms with Crippen LogP contribution in [-0.2, 0) is 14.4 Å². The van der Waals surface area contributed by atoms with Gasteiger partial charge in [-0.2, -0.15) is 0 Å². The Morgan fingerprint density at radius 3 is 2.43 bits per heavy atom. The molecule has 0 heterocycles. The molecule has 2 fully saturated rings. The Kier molecular flexibility index (Phi) is 6.31. The van der Waals surface area contributed by atoms with Crippen LogP contribution < -0.4 is 0 Å². The molecule has 0 bridgehead atoms. The van der Waals surface area contributed by atoms with Crippen molar-refractivity contribution in [3.05, 3.63) is 22.8 Å². The average molecular weight is 485 g/mol. The zero-order chi connectivity index (χ0) is 26.1. The minimum Gasteiger partial charge on any atom is -0.478 e. The maximum Gasteiger partial charge on any atom is 0.330 e. The molecule has 0 radical (unpaired) electrons. The van der Waals surface area contributed by atoms with Crippen LogP contribution in [0.25, 0.3) is 0 Å². The van der Waals surface area contributed by atoms with E-state index in [9.17, 15) is 19.5 Å². The van der Waals surface area contributed by atoms with E-state index in [1.807, 2.05) is 0 Å². The standard InChI is InChI=1S/C30H44O5/c1-17(9-8-10-18(2)26(34)35)20-15-24(33)30(7)19-11-12-22-27(3,4)23(32)13-14-28(22,5)25(19)21(31)16-29(20,30)6/h10,17,20,22,24,33H,8-9,11-16H2,1-7H3,(H,34,35)/b18-10+/t17-,20-,22-,24+,28+,29-,30-/m1/s1. The fourth-order valence-corrected chi connectivity index (χ4v) is 9.10. The fourth-order valence-electron chi connectivity index (χ4n) is 9.10. The van der Waals surface area contributed by atoms with E-state index < -0.39 is 22.9 Å². The van der Waals surface area contributed by atoms with Gasteiger partial charge in [-0.25, -0.2) is 4.79 Å². The summed E-state index contributed by atoms with van der Waals surface area (Å²) in [6.07, 6.45) is 6.82. The molecule has 0 aliphatic heterocycles. The Labute approximate surface area is 210 Å². The van der Waals surface area contributed by atoms with E-state index in [0.29, 0.717) is 37.0 Å². The molecule has 0 aromatic heterocycles. The SMILES string of the molecule is C/C(=C\CC[C@@H](C)[C@H]1C[C@H](O)[C@@]2(C)C3=C(C(=O)C[C@]12C)[C@@]1(C)CCC(=O)C(C)(C)[C@H]1CC3)C(=O)O. The molecule has 7 atom stereocenters. The quantitative estimate of drug-likeness (QED) is 0.474. The van der Waals surface area contributed by atoms with Crippen molar-refractivity contribution in [3.63, 3.8) is 0 Å².